The average Bonchev–Trinajstić information content (AvgIpc) is 2.97. The second-order valence-corrected chi connectivity index (χ2v) is 5.62. The van der Waals surface area contributed by atoms with Gasteiger partial charge in [0.25, 0.3) is 0 Å². The number of hydrogen-bond acceptors (Lipinski definition) is 3. The first-order valence-electron chi connectivity index (χ1n) is 6.84. The number of amides is 1. The zero-order chi connectivity index (χ0) is 12.3. The second kappa shape index (κ2) is 5.83. The third-order valence-electron chi connectivity index (χ3n) is 3.62. The number of likely N-dealkylation sites (N-methyl/N-ethyl adjacent to an activating group) is 1. The molecule has 0 aromatic carbocycles. The highest BCUT2D eigenvalue weighted by Crippen LogP contribution is 2.20. The topological polar surface area (TPSA) is 35.6 Å². The molecule has 1 unspecified atom stereocenters. The van der Waals surface area contributed by atoms with Crippen LogP contribution in [0, 0.1) is 0 Å². The van der Waals surface area contributed by atoms with Crippen LogP contribution in [-0.2, 0) is 4.79 Å². The van der Waals surface area contributed by atoms with Gasteiger partial charge < -0.3 is 15.1 Å². The highest BCUT2D eigenvalue weighted by atomic mass is 16.2. The Morgan fingerprint density at radius 1 is 1.35 bits per heavy atom. The van der Waals surface area contributed by atoms with E-state index in [1.54, 1.807) is 0 Å². The molecule has 98 valence electrons. The molecule has 1 N–H and O–H groups in total. The minimum atomic E-state index is 0.336. The van der Waals surface area contributed by atoms with Gasteiger partial charge in [-0.05, 0) is 39.8 Å². The van der Waals surface area contributed by atoms with Crippen LogP contribution in [0.4, 0.5) is 0 Å². The molecule has 4 heteroatoms. The minimum absolute atomic E-state index is 0.336. The van der Waals surface area contributed by atoms with Crippen LogP contribution < -0.4 is 5.32 Å². The van der Waals surface area contributed by atoms with Crippen LogP contribution >= 0.6 is 0 Å². The fourth-order valence-electron chi connectivity index (χ4n) is 2.59. The summed E-state index contributed by atoms with van der Waals surface area (Å²) in [6.07, 6.45) is 5.59. The Labute approximate surface area is 104 Å². The molecule has 4 nitrogen and oxygen atoms in total. The summed E-state index contributed by atoms with van der Waals surface area (Å²) in [6, 6.07) is 1.15. The standard InChI is InChI=1S/C13H25N3O/c1-15(2)10-12-4-3-9-16(12)13(17)7-8-14-11-5-6-11/h11-12,14H,3-10H2,1-2H3. The number of nitrogens with zero attached hydrogens (tertiary/aromatic N) is 2. The normalized spacial score (nSPS) is 24.6. The van der Waals surface area contributed by atoms with Gasteiger partial charge in [0.2, 0.25) is 5.91 Å². The molecule has 1 aliphatic carbocycles. The van der Waals surface area contributed by atoms with E-state index in [0.29, 0.717) is 24.4 Å². The maximum Gasteiger partial charge on any atom is 0.224 e. The second-order valence-electron chi connectivity index (χ2n) is 5.62. The van der Waals surface area contributed by atoms with Crippen molar-refractivity contribution in [2.24, 2.45) is 0 Å². The number of carbonyl (C=O) groups is 1. The quantitative estimate of drug-likeness (QED) is 0.740. The molecule has 0 aromatic heterocycles. The third-order valence-corrected chi connectivity index (χ3v) is 3.62. The monoisotopic (exact) mass is 239 g/mol. The first-order chi connectivity index (χ1) is 8.16. The molecule has 17 heavy (non-hydrogen) atoms. The van der Waals surface area contributed by atoms with Crippen molar-refractivity contribution in [3.8, 4) is 0 Å². The molecule has 1 heterocycles. The molecule has 1 saturated carbocycles. The minimum Gasteiger partial charge on any atom is -0.338 e. The summed E-state index contributed by atoms with van der Waals surface area (Å²) in [6.45, 7) is 2.82. The van der Waals surface area contributed by atoms with Crippen molar-refractivity contribution in [3.05, 3.63) is 0 Å². The lowest BCUT2D eigenvalue weighted by Crippen LogP contribution is -2.42. The van der Waals surface area contributed by atoms with Crippen molar-refractivity contribution in [2.45, 2.75) is 44.2 Å². The van der Waals surface area contributed by atoms with Gasteiger partial charge in [-0.3, -0.25) is 4.79 Å². The van der Waals surface area contributed by atoms with Gasteiger partial charge in [0, 0.05) is 38.1 Å². The average molecular weight is 239 g/mol. The van der Waals surface area contributed by atoms with Gasteiger partial charge in [0.15, 0.2) is 0 Å². The lowest BCUT2D eigenvalue weighted by Gasteiger charge is -2.27. The Morgan fingerprint density at radius 3 is 2.76 bits per heavy atom. The Morgan fingerprint density at radius 2 is 2.12 bits per heavy atom. The molecule has 0 spiro atoms. The molecular formula is C13H25N3O. The summed E-state index contributed by atoms with van der Waals surface area (Å²) >= 11 is 0. The first kappa shape index (κ1) is 12.8. The number of likely N-dealkylation sites (tertiary alicyclic amines) is 1. The predicted octanol–water partition coefficient (Wildman–Crippen LogP) is 0.681. The van der Waals surface area contributed by atoms with Crippen molar-refractivity contribution < 1.29 is 4.79 Å². The van der Waals surface area contributed by atoms with Gasteiger partial charge in [-0.25, -0.2) is 0 Å². The lowest BCUT2D eigenvalue weighted by molar-refractivity contribution is -0.132. The summed E-state index contributed by atoms with van der Waals surface area (Å²) in [5.74, 6) is 0.336. The van der Waals surface area contributed by atoms with Crippen molar-refractivity contribution in [2.75, 3.05) is 33.7 Å². The maximum atomic E-state index is 12.1. The maximum absolute atomic E-state index is 12.1. The van der Waals surface area contributed by atoms with Crippen LogP contribution in [0.25, 0.3) is 0 Å². The highest BCUT2D eigenvalue weighted by Gasteiger charge is 2.28. The molecule has 0 radical (unpaired) electrons. The van der Waals surface area contributed by atoms with Crippen molar-refractivity contribution >= 4 is 5.91 Å². The molecule has 2 fully saturated rings. The predicted molar refractivity (Wildman–Crippen MR) is 68.9 cm³/mol. The summed E-state index contributed by atoms with van der Waals surface area (Å²) < 4.78 is 0. The van der Waals surface area contributed by atoms with Crippen LogP contribution in [-0.4, -0.2) is 61.5 Å². The molecule has 0 aromatic rings. The van der Waals surface area contributed by atoms with Crippen LogP contribution in [0.1, 0.15) is 32.1 Å². The van der Waals surface area contributed by atoms with Crippen LogP contribution in [0.15, 0.2) is 0 Å². The third kappa shape index (κ3) is 3.96. The molecule has 2 aliphatic rings. The van der Waals surface area contributed by atoms with Crippen LogP contribution in [0.3, 0.4) is 0 Å². The Bertz CT molecular complexity index is 263. The molecule has 1 aliphatic heterocycles. The zero-order valence-electron chi connectivity index (χ0n) is 11.1. The van der Waals surface area contributed by atoms with E-state index in [0.717, 1.165) is 19.6 Å². The highest BCUT2D eigenvalue weighted by molar-refractivity contribution is 5.77. The van der Waals surface area contributed by atoms with Gasteiger partial charge in [-0.2, -0.15) is 0 Å². The molecule has 1 atom stereocenters. The van der Waals surface area contributed by atoms with E-state index in [-0.39, 0.29) is 0 Å². The fraction of sp³-hybridized carbons (Fsp3) is 0.923. The largest absolute Gasteiger partial charge is 0.338 e. The van der Waals surface area contributed by atoms with E-state index in [1.165, 1.54) is 25.7 Å². The smallest absolute Gasteiger partial charge is 0.224 e. The molecule has 2 rings (SSSR count). The number of rotatable bonds is 6. The first-order valence-corrected chi connectivity index (χ1v) is 6.84. The van der Waals surface area contributed by atoms with E-state index in [4.69, 9.17) is 0 Å². The van der Waals surface area contributed by atoms with Crippen LogP contribution in [0.5, 0.6) is 0 Å². The Kier molecular flexibility index (Phi) is 4.40. The lowest BCUT2D eigenvalue weighted by atomic mass is 10.2. The molecular weight excluding hydrogens is 214 g/mol. The summed E-state index contributed by atoms with van der Waals surface area (Å²) in [4.78, 5) is 16.4. The van der Waals surface area contributed by atoms with E-state index in [9.17, 15) is 4.79 Å². The van der Waals surface area contributed by atoms with Gasteiger partial charge in [-0.1, -0.05) is 0 Å². The molecule has 1 amide bonds. The van der Waals surface area contributed by atoms with Crippen LogP contribution in [0.2, 0.25) is 0 Å². The van der Waals surface area contributed by atoms with E-state index < -0.39 is 0 Å². The van der Waals surface area contributed by atoms with Crippen molar-refractivity contribution in [1.29, 1.82) is 0 Å². The summed E-state index contributed by atoms with van der Waals surface area (Å²) in [5, 5.41) is 3.41. The molecule has 1 saturated heterocycles. The summed E-state index contributed by atoms with van der Waals surface area (Å²) in [7, 11) is 4.16. The SMILES string of the molecule is CN(C)CC1CCCN1C(=O)CCNC1CC1. The van der Waals surface area contributed by atoms with Crippen molar-refractivity contribution in [1.82, 2.24) is 15.1 Å². The van der Waals surface area contributed by atoms with E-state index in [2.05, 4.69) is 29.2 Å². The number of nitrogens with one attached hydrogen (secondary N) is 1. The molecule has 0 bridgehead atoms. The van der Waals surface area contributed by atoms with Gasteiger partial charge >= 0.3 is 0 Å². The van der Waals surface area contributed by atoms with Gasteiger partial charge in [0.1, 0.15) is 0 Å². The Hall–Kier alpha value is -0.610. The van der Waals surface area contributed by atoms with Crippen molar-refractivity contribution in [3.63, 3.8) is 0 Å². The summed E-state index contributed by atoms with van der Waals surface area (Å²) in [5.41, 5.74) is 0. The number of hydrogen-bond donors (Lipinski definition) is 1. The van der Waals surface area contributed by atoms with E-state index >= 15 is 0 Å². The number of carbonyl (C=O) groups excluding carboxylic acids is 1. The van der Waals surface area contributed by atoms with E-state index in [1.807, 2.05) is 0 Å². The zero-order valence-corrected chi connectivity index (χ0v) is 11.1. The van der Waals surface area contributed by atoms with Gasteiger partial charge in [-0.15, -0.1) is 0 Å². The fourth-order valence-corrected chi connectivity index (χ4v) is 2.59. The Balaban J connectivity index is 1.71. The van der Waals surface area contributed by atoms with Gasteiger partial charge in [0.05, 0.1) is 0 Å².